The van der Waals surface area contributed by atoms with Gasteiger partial charge >= 0.3 is 0 Å². The molecule has 1 N–H and O–H groups in total. The van der Waals surface area contributed by atoms with E-state index < -0.39 is 15.7 Å². The van der Waals surface area contributed by atoms with Gasteiger partial charge in [-0.15, -0.1) is 0 Å². The van der Waals surface area contributed by atoms with Gasteiger partial charge in [0.2, 0.25) is 5.91 Å². The van der Waals surface area contributed by atoms with E-state index in [1.54, 1.807) is 0 Å². The Balaban J connectivity index is 1.65. The zero-order chi connectivity index (χ0) is 20.6. The van der Waals surface area contributed by atoms with Gasteiger partial charge in [0.05, 0.1) is 16.3 Å². The molecule has 1 aliphatic heterocycles. The van der Waals surface area contributed by atoms with Crippen molar-refractivity contribution in [3.05, 3.63) is 40.4 Å². The number of carbonyl (C=O) groups is 2. The number of thiazole rings is 1. The zero-order valence-corrected chi connectivity index (χ0v) is 17.6. The summed E-state index contributed by atoms with van der Waals surface area (Å²) in [4.78, 5) is 29.0. The van der Waals surface area contributed by atoms with Crippen LogP contribution in [0.4, 0.5) is 5.13 Å². The van der Waals surface area contributed by atoms with E-state index in [2.05, 4.69) is 15.4 Å². The van der Waals surface area contributed by atoms with Gasteiger partial charge in [-0.2, -0.15) is 5.10 Å². The van der Waals surface area contributed by atoms with Crippen LogP contribution >= 0.6 is 22.9 Å². The molecule has 1 aliphatic carbocycles. The third kappa shape index (κ3) is 4.34. The smallest absolute Gasteiger partial charge is 0.278 e. The minimum Gasteiger partial charge on any atom is -0.296 e. The van der Waals surface area contributed by atoms with Crippen LogP contribution < -0.4 is 5.32 Å². The van der Waals surface area contributed by atoms with E-state index in [-0.39, 0.29) is 21.8 Å². The molecule has 1 aromatic heterocycles. The summed E-state index contributed by atoms with van der Waals surface area (Å²) in [5.41, 5.74) is 0.404. The number of nitrogens with zero attached hydrogens (tertiary/aromatic N) is 3. The molecular formula is C18H17ClN4O4S2. The Morgan fingerprint density at radius 2 is 2.00 bits per heavy atom. The zero-order valence-electron chi connectivity index (χ0n) is 15.2. The van der Waals surface area contributed by atoms with Gasteiger partial charge in [-0.3, -0.25) is 14.9 Å². The number of hydrazone groups is 1. The van der Waals surface area contributed by atoms with Gasteiger partial charge in [-0.25, -0.2) is 18.4 Å². The van der Waals surface area contributed by atoms with Crippen LogP contribution in [0.3, 0.4) is 0 Å². The molecular weight excluding hydrogens is 436 g/mol. The molecule has 29 heavy (non-hydrogen) atoms. The van der Waals surface area contributed by atoms with Gasteiger partial charge in [-0.05, 0) is 31.4 Å². The largest absolute Gasteiger partial charge is 0.296 e. The van der Waals surface area contributed by atoms with Crippen molar-refractivity contribution >= 4 is 55.4 Å². The lowest BCUT2D eigenvalue weighted by Crippen LogP contribution is -2.29. The number of hydrogen-bond acceptors (Lipinski definition) is 7. The standard InChI is InChI=1S/C18H17ClN4O4S2/c19-14-10-20-18(28-14)21-17(25)16(22-23-9-1-2-15(23)24)11-3-5-12(6-4-11)29(26,27)13-7-8-13/h3-6,10,13H,1-2,7-9H2,(H,20,21,25)/b22-16+. The summed E-state index contributed by atoms with van der Waals surface area (Å²) in [6.07, 6.45) is 3.80. The maximum Gasteiger partial charge on any atom is 0.278 e. The van der Waals surface area contributed by atoms with E-state index >= 15 is 0 Å². The third-order valence-corrected chi connectivity index (χ3v) is 7.91. The first-order chi connectivity index (χ1) is 13.8. The van der Waals surface area contributed by atoms with Gasteiger partial charge in [0.25, 0.3) is 5.91 Å². The molecule has 2 heterocycles. The molecule has 2 aliphatic rings. The lowest BCUT2D eigenvalue weighted by molar-refractivity contribution is -0.127. The second-order valence-electron chi connectivity index (χ2n) is 6.76. The summed E-state index contributed by atoms with van der Waals surface area (Å²) in [7, 11) is -3.33. The monoisotopic (exact) mass is 452 g/mol. The summed E-state index contributed by atoms with van der Waals surface area (Å²) in [6, 6.07) is 6.00. The Morgan fingerprint density at radius 1 is 1.28 bits per heavy atom. The average Bonchev–Trinajstić information content (AvgIpc) is 3.38. The Bertz CT molecular complexity index is 1090. The Kier molecular flexibility index (Phi) is 5.41. The van der Waals surface area contributed by atoms with Gasteiger partial charge in [0.15, 0.2) is 20.7 Å². The van der Waals surface area contributed by atoms with E-state index in [0.29, 0.717) is 47.3 Å². The average molecular weight is 453 g/mol. The van der Waals surface area contributed by atoms with E-state index in [4.69, 9.17) is 11.6 Å². The number of amides is 2. The number of sulfone groups is 1. The number of nitrogens with one attached hydrogen (secondary N) is 1. The molecule has 8 nitrogen and oxygen atoms in total. The number of hydrogen-bond donors (Lipinski definition) is 1. The molecule has 11 heteroatoms. The van der Waals surface area contributed by atoms with Crippen molar-refractivity contribution in [2.24, 2.45) is 5.10 Å². The summed E-state index contributed by atoms with van der Waals surface area (Å²) >= 11 is 6.95. The van der Waals surface area contributed by atoms with Crippen molar-refractivity contribution in [3.8, 4) is 0 Å². The maximum absolute atomic E-state index is 12.8. The van der Waals surface area contributed by atoms with Crippen LogP contribution in [0.2, 0.25) is 4.34 Å². The first kappa shape index (κ1) is 20.0. The molecule has 1 aromatic carbocycles. The topological polar surface area (TPSA) is 109 Å². The summed E-state index contributed by atoms with van der Waals surface area (Å²) in [5, 5.41) is 8.12. The van der Waals surface area contributed by atoms with Crippen LogP contribution in [0.5, 0.6) is 0 Å². The summed E-state index contributed by atoms with van der Waals surface area (Å²) < 4.78 is 25.2. The van der Waals surface area contributed by atoms with Crippen LogP contribution in [0.25, 0.3) is 0 Å². The maximum atomic E-state index is 12.8. The fourth-order valence-electron chi connectivity index (χ4n) is 2.94. The highest BCUT2D eigenvalue weighted by molar-refractivity contribution is 7.92. The van der Waals surface area contributed by atoms with Crippen LogP contribution in [0, 0.1) is 0 Å². The Labute approximate surface area is 176 Å². The molecule has 2 aromatic rings. The van der Waals surface area contributed by atoms with Gasteiger partial charge in [-0.1, -0.05) is 35.1 Å². The van der Waals surface area contributed by atoms with Gasteiger partial charge in [0, 0.05) is 18.5 Å². The van der Waals surface area contributed by atoms with Crippen molar-refractivity contribution in [3.63, 3.8) is 0 Å². The molecule has 4 rings (SSSR count). The Hall–Kier alpha value is -2.30. The van der Waals surface area contributed by atoms with Crippen molar-refractivity contribution in [1.29, 1.82) is 0 Å². The van der Waals surface area contributed by atoms with Crippen LogP contribution in [0.1, 0.15) is 31.2 Å². The highest BCUT2D eigenvalue weighted by Gasteiger charge is 2.36. The van der Waals surface area contributed by atoms with E-state index in [1.165, 1.54) is 35.5 Å². The van der Waals surface area contributed by atoms with E-state index in [9.17, 15) is 18.0 Å². The highest BCUT2D eigenvalue weighted by atomic mass is 35.5. The quantitative estimate of drug-likeness (QED) is 0.678. The fourth-order valence-corrected chi connectivity index (χ4v) is 5.40. The molecule has 0 bridgehead atoms. The highest BCUT2D eigenvalue weighted by Crippen LogP contribution is 2.33. The fraction of sp³-hybridized carbons (Fsp3) is 0.333. The lowest BCUT2D eigenvalue weighted by atomic mass is 10.1. The summed E-state index contributed by atoms with van der Waals surface area (Å²) in [6.45, 7) is 0.423. The van der Waals surface area contributed by atoms with Crippen LogP contribution in [-0.2, 0) is 19.4 Å². The number of rotatable bonds is 6. The third-order valence-electron chi connectivity index (χ3n) is 4.60. The number of carbonyl (C=O) groups excluding carboxylic acids is 2. The SMILES string of the molecule is O=C(Nc1ncc(Cl)s1)/C(=N/N1CCCC1=O)c1ccc(S(=O)(=O)C2CC2)cc1. The Morgan fingerprint density at radius 3 is 2.55 bits per heavy atom. The molecule has 2 amide bonds. The number of aromatic nitrogens is 1. The van der Waals surface area contributed by atoms with Gasteiger partial charge in [0.1, 0.15) is 4.34 Å². The van der Waals surface area contributed by atoms with Gasteiger partial charge < -0.3 is 0 Å². The molecule has 1 saturated carbocycles. The van der Waals surface area contributed by atoms with Crippen LogP contribution in [0.15, 0.2) is 40.5 Å². The first-order valence-corrected chi connectivity index (χ1v) is 11.7. The number of benzene rings is 1. The second-order valence-corrected chi connectivity index (χ2v) is 10.7. The normalized spacial score (nSPS) is 17.6. The lowest BCUT2D eigenvalue weighted by Gasteiger charge is -2.13. The minimum absolute atomic E-state index is 0.00180. The molecule has 0 unspecified atom stereocenters. The van der Waals surface area contributed by atoms with Crippen molar-refractivity contribution in [1.82, 2.24) is 9.99 Å². The summed E-state index contributed by atoms with van der Waals surface area (Å²) in [5.74, 6) is -0.728. The molecule has 152 valence electrons. The number of halogens is 1. The minimum atomic E-state index is -3.33. The van der Waals surface area contributed by atoms with Crippen molar-refractivity contribution in [2.75, 3.05) is 11.9 Å². The molecule has 1 saturated heterocycles. The van der Waals surface area contributed by atoms with Crippen LogP contribution in [-0.4, -0.2) is 47.7 Å². The van der Waals surface area contributed by atoms with Crippen molar-refractivity contribution < 1.29 is 18.0 Å². The van der Waals surface area contributed by atoms with Crippen molar-refractivity contribution in [2.45, 2.75) is 35.8 Å². The molecule has 0 atom stereocenters. The molecule has 0 radical (unpaired) electrons. The predicted octanol–water partition coefficient (Wildman–Crippen LogP) is 2.70. The number of anilines is 1. The molecule has 2 fully saturated rings. The van der Waals surface area contributed by atoms with E-state index in [1.807, 2.05) is 0 Å². The molecule has 0 spiro atoms. The van der Waals surface area contributed by atoms with E-state index in [0.717, 1.165) is 11.3 Å². The first-order valence-electron chi connectivity index (χ1n) is 9.00. The second kappa shape index (κ2) is 7.85. The predicted molar refractivity (Wildman–Crippen MR) is 110 cm³/mol.